The van der Waals surface area contributed by atoms with Crippen LogP contribution in [0.2, 0.25) is 0 Å². The minimum Gasteiger partial charge on any atom is -0.378 e. The van der Waals surface area contributed by atoms with Gasteiger partial charge in [0.15, 0.2) is 0 Å². The van der Waals surface area contributed by atoms with Gasteiger partial charge >= 0.3 is 0 Å². The van der Waals surface area contributed by atoms with E-state index in [9.17, 15) is 0 Å². The molecule has 3 nitrogen and oxygen atoms in total. The van der Waals surface area contributed by atoms with E-state index in [1.54, 1.807) is 0 Å². The Morgan fingerprint density at radius 1 is 1.27 bits per heavy atom. The summed E-state index contributed by atoms with van der Waals surface area (Å²) in [4.78, 5) is 0. The van der Waals surface area contributed by atoms with Gasteiger partial charge < -0.3 is 15.2 Å². The number of hydrogen-bond donors (Lipinski definition) is 1. The molecule has 0 spiro atoms. The van der Waals surface area contributed by atoms with Gasteiger partial charge in [-0.1, -0.05) is 0 Å². The summed E-state index contributed by atoms with van der Waals surface area (Å²) in [6.45, 7) is 1.72. The van der Waals surface area contributed by atoms with Crippen LogP contribution in [-0.4, -0.2) is 31.5 Å². The summed E-state index contributed by atoms with van der Waals surface area (Å²) < 4.78 is 11.7. The monoisotopic (exact) mass is 211 g/mol. The van der Waals surface area contributed by atoms with Crippen molar-refractivity contribution in [1.29, 1.82) is 0 Å². The van der Waals surface area contributed by atoms with Gasteiger partial charge in [0.1, 0.15) is 0 Å². The second-order valence-corrected chi connectivity index (χ2v) is 5.43. The van der Waals surface area contributed by atoms with Crippen LogP contribution in [0.25, 0.3) is 0 Å². The molecule has 4 unspecified atom stereocenters. The lowest BCUT2D eigenvalue weighted by atomic mass is 9.70. The number of nitrogens with two attached hydrogens (primary N) is 1. The summed E-state index contributed by atoms with van der Waals surface area (Å²) in [7, 11) is 0. The van der Waals surface area contributed by atoms with Gasteiger partial charge in [0.2, 0.25) is 0 Å². The zero-order valence-corrected chi connectivity index (χ0v) is 9.28. The van der Waals surface area contributed by atoms with Gasteiger partial charge in [-0.05, 0) is 38.5 Å². The fourth-order valence-corrected chi connectivity index (χ4v) is 3.66. The summed E-state index contributed by atoms with van der Waals surface area (Å²) in [5, 5.41) is 0. The molecular weight excluding hydrogens is 190 g/mol. The molecule has 3 rings (SSSR count). The summed E-state index contributed by atoms with van der Waals surface area (Å²) in [6, 6.07) is 0. The summed E-state index contributed by atoms with van der Waals surface area (Å²) in [5.41, 5.74) is 6.25. The Morgan fingerprint density at radius 2 is 2.20 bits per heavy atom. The van der Waals surface area contributed by atoms with Gasteiger partial charge in [0.25, 0.3) is 0 Å². The van der Waals surface area contributed by atoms with Crippen LogP contribution in [0.4, 0.5) is 0 Å². The van der Waals surface area contributed by atoms with Crippen LogP contribution >= 0.6 is 0 Å². The van der Waals surface area contributed by atoms with Crippen molar-refractivity contribution in [3.63, 3.8) is 0 Å². The Balaban J connectivity index is 1.69. The van der Waals surface area contributed by atoms with E-state index < -0.39 is 0 Å². The highest BCUT2D eigenvalue weighted by Gasteiger charge is 2.52. The third-order valence-electron chi connectivity index (χ3n) is 4.49. The first-order valence-electron chi connectivity index (χ1n) is 6.29. The largest absolute Gasteiger partial charge is 0.378 e. The van der Waals surface area contributed by atoms with Crippen molar-refractivity contribution < 1.29 is 9.47 Å². The molecule has 0 saturated carbocycles. The zero-order valence-electron chi connectivity index (χ0n) is 9.28. The van der Waals surface area contributed by atoms with Gasteiger partial charge in [-0.25, -0.2) is 0 Å². The molecule has 3 saturated heterocycles. The molecule has 0 aromatic heterocycles. The Kier molecular flexibility index (Phi) is 2.49. The molecular formula is C12H21NO2. The molecule has 3 aliphatic rings. The lowest BCUT2D eigenvalue weighted by molar-refractivity contribution is 0.0184. The van der Waals surface area contributed by atoms with Gasteiger partial charge in [-0.3, -0.25) is 0 Å². The van der Waals surface area contributed by atoms with E-state index in [2.05, 4.69) is 0 Å². The SMILES string of the molecule is NCC1(CC2CCCO2)CC2CCC1O2. The second kappa shape index (κ2) is 3.72. The molecule has 0 aromatic rings. The molecule has 2 bridgehead atoms. The van der Waals surface area contributed by atoms with Crippen LogP contribution < -0.4 is 5.73 Å². The molecule has 3 aliphatic heterocycles. The van der Waals surface area contributed by atoms with E-state index >= 15 is 0 Å². The number of fused-ring (bicyclic) bond motifs is 2. The van der Waals surface area contributed by atoms with Crippen LogP contribution in [0.15, 0.2) is 0 Å². The molecule has 0 amide bonds. The highest BCUT2D eigenvalue weighted by atomic mass is 16.5. The third kappa shape index (κ3) is 1.61. The average molecular weight is 211 g/mol. The Morgan fingerprint density at radius 3 is 2.73 bits per heavy atom. The first kappa shape index (κ1) is 10.1. The maximum Gasteiger partial charge on any atom is 0.0650 e. The molecule has 0 aliphatic carbocycles. The summed E-state index contributed by atoms with van der Waals surface area (Å²) >= 11 is 0. The zero-order chi connectivity index (χ0) is 10.3. The predicted octanol–water partition coefficient (Wildman–Crippen LogP) is 1.45. The van der Waals surface area contributed by atoms with E-state index in [0.717, 1.165) is 19.6 Å². The topological polar surface area (TPSA) is 44.5 Å². The van der Waals surface area contributed by atoms with E-state index in [-0.39, 0.29) is 5.41 Å². The van der Waals surface area contributed by atoms with Crippen LogP contribution in [0.3, 0.4) is 0 Å². The minimum absolute atomic E-state index is 0.248. The van der Waals surface area contributed by atoms with Crippen molar-refractivity contribution in [2.75, 3.05) is 13.2 Å². The quantitative estimate of drug-likeness (QED) is 0.768. The van der Waals surface area contributed by atoms with E-state index in [4.69, 9.17) is 15.2 Å². The molecule has 3 fully saturated rings. The molecule has 3 heteroatoms. The standard InChI is InChI=1S/C12H21NO2/c13-8-12(6-9-2-1-5-14-9)7-10-3-4-11(12)15-10/h9-11H,1-8,13H2. The Labute approximate surface area is 91.3 Å². The van der Waals surface area contributed by atoms with Crippen molar-refractivity contribution in [1.82, 2.24) is 0 Å². The lowest BCUT2D eigenvalue weighted by Gasteiger charge is -2.36. The Hall–Kier alpha value is -0.120. The maximum atomic E-state index is 6.00. The highest BCUT2D eigenvalue weighted by Crippen LogP contribution is 2.50. The van der Waals surface area contributed by atoms with E-state index in [1.807, 2.05) is 0 Å². The lowest BCUT2D eigenvalue weighted by Crippen LogP contribution is -2.42. The number of rotatable bonds is 3. The van der Waals surface area contributed by atoms with Crippen molar-refractivity contribution in [2.24, 2.45) is 11.1 Å². The van der Waals surface area contributed by atoms with Crippen molar-refractivity contribution in [2.45, 2.75) is 56.8 Å². The van der Waals surface area contributed by atoms with Crippen LogP contribution in [-0.2, 0) is 9.47 Å². The predicted molar refractivity (Wildman–Crippen MR) is 57.6 cm³/mol. The normalized spacial score (nSPS) is 49.0. The number of hydrogen-bond acceptors (Lipinski definition) is 3. The molecule has 86 valence electrons. The molecule has 15 heavy (non-hydrogen) atoms. The minimum atomic E-state index is 0.248. The van der Waals surface area contributed by atoms with Crippen LogP contribution in [0.5, 0.6) is 0 Å². The van der Waals surface area contributed by atoms with Gasteiger partial charge in [0.05, 0.1) is 18.3 Å². The van der Waals surface area contributed by atoms with Crippen molar-refractivity contribution >= 4 is 0 Å². The highest BCUT2D eigenvalue weighted by molar-refractivity contribution is 5.02. The molecule has 3 heterocycles. The molecule has 4 atom stereocenters. The smallest absolute Gasteiger partial charge is 0.0650 e. The maximum absolute atomic E-state index is 6.00. The van der Waals surface area contributed by atoms with Gasteiger partial charge in [-0.15, -0.1) is 0 Å². The molecule has 0 aromatic carbocycles. The summed E-state index contributed by atoms with van der Waals surface area (Å²) in [5.74, 6) is 0. The molecule has 0 radical (unpaired) electrons. The molecule has 2 N–H and O–H groups in total. The second-order valence-electron chi connectivity index (χ2n) is 5.43. The first-order chi connectivity index (χ1) is 7.32. The van der Waals surface area contributed by atoms with Crippen molar-refractivity contribution in [3.05, 3.63) is 0 Å². The fraction of sp³-hybridized carbons (Fsp3) is 1.00. The number of ether oxygens (including phenoxy) is 2. The van der Waals surface area contributed by atoms with Crippen LogP contribution in [0.1, 0.15) is 38.5 Å². The first-order valence-corrected chi connectivity index (χ1v) is 6.29. The van der Waals surface area contributed by atoms with Crippen molar-refractivity contribution in [3.8, 4) is 0 Å². The van der Waals surface area contributed by atoms with Gasteiger partial charge in [0, 0.05) is 18.6 Å². The summed E-state index contributed by atoms with van der Waals surface area (Å²) in [6.07, 6.45) is 8.60. The van der Waals surface area contributed by atoms with Crippen LogP contribution in [0, 0.1) is 5.41 Å². The Bertz CT molecular complexity index is 240. The fourth-order valence-electron chi connectivity index (χ4n) is 3.66. The van der Waals surface area contributed by atoms with E-state index in [0.29, 0.717) is 18.3 Å². The van der Waals surface area contributed by atoms with E-state index in [1.165, 1.54) is 32.1 Å². The third-order valence-corrected chi connectivity index (χ3v) is 4.49. The average Bonchev–Trinajstić information content (AvgIpc) is 2.93. The van der Waals surface area contributed by atoms with Gasteiger partial charge in [-0.2, -0.15) is 0 Å².